The largest absolute Gasteiger partial charge is 0.313 e. The molecule has 0 bridgehead atoms. The molecule has 1 aliphatic heterocycles. The van der Waals surface area contributed by atoms with Gasteiger partial charge in [0.25, 0.3) is 5.69 Å². The van der Waals surface area contributed by atoms with Crippen molar-refractivity contribution in [1.82, 2.24) is 10.6 Å². The molecule has 5 heteroatoms. The molecular formula is C12H17N3O2. The third-order valence-electron chi connectivity index (χ3n) is 3.03. The summed E-state index contributed by atoms with van der Waals surface area (Å²) in [6.07, 6.45) is 2.48. The van der Waals surface area contributed by atoms with Gasteiger partial charge in [-0.05, 0) is 24.9 Å². The number of nitrogens with one attached hydrogen (secondary N) is 2. The van der Waals surface area contributed by atoms with Crippen LogP contribution in [0.15, 0.2) is 24.3 Å². The molecular weight excluding hydrogens is 218 g/mol. The fourth-order valence-electron chi connectivity index (χ4n) is 2.06. The smallest absolute Gasteiger partial charge is 0.269 e. The van der Waals surface area contributed by atoms with Crippen LogP contribution < -0.4 is 10.6 Å². The molecule has 2 N–H and O–H groups in total. The standard InChI is InChI=1S/C12H17N3O2/c16-15(17)12-5-3-10(4-6-12)8-13-9-11-2-1-7-14-11/h3-6,11,13-14H,1-2,7-9H2. The number of hydrogen-bond acceptors (Lipinski definition) is 4. The highest BCUT2D eigenvalue weighted by Gasteiger charge is 2.12. The van der Waals surface area contributed by atoms with Crippen LogP contribution in [0.3, 0.4) is 0 Å². The van der Waals surface area contributed by atoms with Gasteiger partial charge < -0.3 is 10.6 Å². The summed E-state index contributed by atoms with van der Waals surface area (Å²) in [5.41, 5.74) is 1.22. The minimum Gasteiger partial charge on any atom is -0.313 e. The van der Waals surface area contributed by atoms with E-state index in [0.29, 0.717) is 6.04 Å². The van der Waals surface area contributed by atoms with Crippen molar-refractivity contribution in [2.45, 2.75) is 25.4 Å². The summed E-state index contributed by atoms with van der Waals surface area (Å²) in [6.45, 7) is 2.83. The van der Waals surface area contributed by atoms with Gasteiger partial charge in [-0.2, -0.15) is 0 Å². The van der Waals surface area contributed by atoms with E-state index in [4.69, 9.17) is 0 Å². The maximum absolute atomic E-state index is 10.5. The van der Waals surface area contributed by atoms with E-state index in [1.165, 1.54) is 12.8 Å². The molecule has 1 aliphatic rings. The van der Waals surface area contributed by atoms with Gasteiger partial charge in [-0.15, -0.1) is 0 Å². The van der Waals surface area contributed by atoms with Crippen molar-refractivity contribution in [3.05, 3.63) is 39.9 Å². The van der Waals surface area contributed by atoms with Crippen molar-refractivity contribution < 1.29 is 4.92 Å². The fraction of sp³-hybridized carbons (Fsp3) is 0.500. The minimum absolute atomic E-state index is 0.145. The van der Waals surface area contributed by atoms with Crippen molar-refractivity contribution in [2.75, 3.05) is 13.1 Å². The third-order valence-corrected chi connectivity index (χ3v) is 3.03. The number of non-ortho nitro benzene ring substituents is 1. The van der Waals surface area contributed by atoms with Gasteiger partial charge >= 0.3 is 0 Å². The second-order valence-corrected chi connectivity index (χ2v) is 4.35. The van der Waals surface area contributed by atoms with Crippen LogP contribution in [0.4, 0.5) is 5.69 Å². The van der Waals surface area contributed by atoms with Gasteiger partial charge in [0.05, 0.1) is 4.92 Å². The number of rotatable bonds is 5. The van der Waals surface area contributed by atoms with Gasteiger partial charge in [0.15, 0.2) is 0 Å². The Kier molecular flexibility index (Phi) is 4.06. The summed E-state index contributed by atoms with van der Waals surface area (Å²) < 4.78 is 0. The molecule has 1 fully saturated rings. The Hall–Kier alpha value is -1.46. The van der Waals surface area contributed by atoms with Crippen LogP contribution in [0.1, 0.15) is 18.4 Å². The lowest BCUT2D eigenvalue weighted by Crippen LogP contribution is -2.33. The molecule has 92 valence electrons. The van der Waals surface area contributed by atoms with E-state index in [-0.39, 0.29) is 10.6 Å². The predicted molar refractivity (Wildman–Crippen MR) is 65.8 cm³/mol. The summed E-state index contributed by atoms with van der Waals surface area (Å²) in [4.78, 5) is 10.1. The first kappa shape index (κ1) is 12.0. The normalized spacial score (nSPS) is 19.4. The molecule has 5 nitrogen and oxygen atoms in total. The summed E-state index contributed by atoms with van der Waals surface area (Å²) >= 11 is 0. The van der Waals surface area contributed by atoms with E-state index < -0.39 is 0 Å². The first-order valence-electron chi connectivity index (χ1n) is 5.93. The summed E-state index contributed by atoms with van der Waals surface area (Å²) in [5, 5.41) is 17.3. The molecule has 2 rings (SSSR count). The van der Waals surface area contributed by atoms with E-state index in [1.54, 1.807) is 24.3 Å². The van der Waals surface area contributed by atoms with Crippen LogP contribution in [-0.2, 0) is 6.54 Å². The summed E-state index contributed by atoms with van der Waals surface area (Å²) in [7, 11) is 0. The number of nitro groups is 1. The molecule has 0 saturated carbocycles. The Morgan fingerprint density at radius 3 is 2.76 bits per heavy atom. The lowest BCUT2D eigenvalue weighted by Gasteiger charge is -2.11. The molecule has 0 spiro atoms. The second kappa shape index (κ2) is 5.75. The van der Waals surface area contributed by atoms with Gasteiger partial charge in [-0.25, -0.2) is 0 Å². The molecule has 1 aromatic rings. The Bertz CT molecular complexity index is 372. The average Bonchev–Trinajstić information content (AvgIpc) is 2.83. The monoisotopic (exact) mass is 235 g/mol. The van der Waals surface area contributed by atoms with E-state index in [2.05, 4.69) is 10.6 Å². The number of nitro benzene ring substituents is 1. The van der Waals surface area contributed by atoms with Crippen molar-refractivity contribution in [1.29, 1.82) is 0 Å². The van der Waals surface area contributed by atoms with Crippen molar-refractivity contribution >= 4 is 5.69 Å². The lowest BCUT2D eigenvalue weighted by molar-refractivity contribution is -0.384. The highest BCUT2D eigenvalue weighted by atomic mass is 16.6. The summed E-state index contributed by atoms with van der Waals surface area (Å²) in [5.74, 6) is 0. The Balaban J connectivity index is 1.76. The van der Waals surface area contributed by atoms with Gasteiger partial charge in [-0.3, -0.25) is 10.1 Å². The molecule has 0 aliphatic carbocycles. The highest BCUT2D eigenvalue weighted by Crippen LogP contribution is 2.11. The van der Waals surface area contributed by atoms with Gasteiger partial charge in [0.2, 0.25) is 0 Å². The zero-order valence-electron chi connectivity index (χ0n) is 9.69. The van der Waals surface area contributed by atoms with Crippen LogP contribution in [0.25, 0.3) is 0 Å². The van der Waals surface area contributed by atoms with E-state index >= 15 is 0 Å². The third kappa shape index (κ3) is 3.51. The van der Waals surface area contributed by atoms with Crippen molar-refractivity contribution in [2.24, 2.45) is 0 Å². The number of benzene rings is 1. The summed E-state index contributed by atoms with van der Waals surface area (Å²) in [6, 6.07) is 7.27. The lowest BCUT2D eigenvalue weighted by atomic mass is 10.2. The Morgan fingerprint density at radius 2 is 2.18 bits per heavy atom. The Morgan fingerprint density at radius 1 is 1.41 bits per heavy atom. The molecule has 1 unspecified atom stereocenters. The van der Waals surface area contributed by atoms with Crippen LogP contribution >= 0.6 is 0 Å². The molecule has 1 aromatic carbocycles. The molecule has 0 radical (unpaired) electrons. The van der Waals surface area contributed by atoms with Crippen LogP contribution in [0, 0.1) is 10.1 Å². The van der Waals surface area contributed by atoms with Crippen LogP contribution in [-0.4, -0.2) is 24.1 Å². The topological polar surface area (TPSA) is 67.2 Å². The zero-order chi connectivity index (χ0) is 12.1. The van der Waals surface area contributed by atoms with E-state index in [1.807, 2.05) is 0 Å². The first-order valence-corrected chi connectivity index (χ1v) is 5.93. The first-order chi connectivity index (χ1) is 8.25. The van der Waals surface area contributed by atoms with Gasteiger partial charge in [0.1, 0.15) is 0 Å². The molecule has 17 heavy (non-hydrogen) atoms. The van der Waals surface area contributed by atoms with Crippen molar-refractivity contribution in [3.63, 3.8) is 0 Å². The molecule has 1 atom stereocenters. The van der Waals surface area contributed by atoms with Crippen molar-refractivity contribution in [3.8, 4) is 0 Å². The average molecular weight is 235 g/mol. The second-order valence-electron chi connectivity index (χ2n) is 4.35. The fourth-order valence-corrected chi connectivity index (χ4v) is 2.06. The van der Waals surface area contributed by atoms with Crippen LogP contribution in [0.2, 0.25) is 0 Å². The quantitative estimate of drug-likeness (QED) is 0.598. The molecule has 0 aromatic heterocycles. The Labute approximate surface area is 100 Å². The maximum Gasteiger partial charge on any atom is 0.269 e. The molecule has 1 heterocycles. The zero-order valence-corrected chi connectivity index (χ0v) is 9.69. The molecule has 0 amide bonds. The SMILES string of the molecule is O=[N+]([O-])c1ccc(CNCC2CCCN2)cc1. The number of nitrogens with zero attached hydrogens (tertiary/aromatic N) is 1. The predicted octanol–water partition coefficient (Wildman–Crippen LogP) is 1.44. The minimum atomic E-state index is -0.375. The van der Waals surface area contributed by atoms with E-state index in [9.17, 15) is 10.1 Å². The van der Waals surface area contributed by atoms with Crippen LogP contribution in [0.5, 0.6) is 0 Å². The molecule has 1 saturated heterocycles. The maximum atomic E-state index is 10.5. The number of hydrogen-bond donors (Lipinski definition) is 2. The van der Waals surface area contributed by atoms with Gasteiger partial charge in [0, 0.05) is 31.3 Å². The highest BCUT2D eigenvalue weighted by molar-refractivity contribution is 5.32. The van der Waals surface area contributed by atoms with E-state index in [0.717, 1.165) is 25.2 Å². The van der Waals surface area contributed by atoms with Gasteiger partial charge in [-0.1, -0.05) is 12.1 Å².